The van der Waals surface area contributed by atoms with E-state index >= 15 is 0 Å². The van der Waals surface area contributed by atoms with Crippen molar-refractivity contribution in [1.29, 1.82) is 0 Å². The lowest BCUT2D eigenvalue weighted by molar-refractivity contribution is -0.140. The number of fused-ring (bicyclic) bond motifs is 6. The first kappa shape index (κ1) is 15.4. The molecule has 0 spiro atoms. The van der Waals surface area contributed by atoms with Crippen molar-refractivity contribution in [2.75, 3.05) is 0 Å². The molecule has 3 nitrogen and oxygen atoms in total. The van der Waals surface area contributed by atoms with E-state index in [1.54, 1.807) is 0 Å². The lowest BCUT2D eigenvalue weighted by Gasteiger charge is -2.60. The van der Waals surface area contributed by atoms with Crippen molar-refractivity contribution >= 4 is 0 Å². The maximum absolute atomic E-state index is 11.0. The summed E-state index contributed by atoms with van der Waals surface area (Å²) in [6.07, 6.45) is 11.6. The summed E-state index contributed by atoms with van der Waals surface area (Å²) in [6.45, 7) is 7.04. The summed E-state index contributed by atoms with van der Waals surface area (Å²) in [4.78, 5) is 0. The molecule has 0 radical (unpaired) electrons. The molecule has 1 heterocycles. The second-order valence-corrected chi connectivity index (χ2v) is 10.1. The van der Waals surface area contributed by atoms with Gasteiger partial charge in [-0.05, 0) is 86.4 Å². The van der Waals surface area contributed by atoms with Gasteiger partial charge in [0.1, 0.15) is 5.76 Å². The van der Waals surface area contributed by atoms with Gasteiger partial charge in [-0.1, -0.05) is 19.0 Å². The van der Waals surface area contributed by atoms with Gasteiger partial charge in [-0.3, -0.25) is 0 Å². The number of hydrogen-bond donors (Lipinski definition) is 1. The summed E-state index contributed by atoms with van der Waals surface area (Å²) in [5, 5.41) is 15.1. The number of hydrogen-bond acceptors (Lipinski definition) is 3. The Labute approximate surface area is 145 Å². The topological polar surface area (TPSA) is 46.3 Å². The molecule has 3 fully saturated rings. The first-order valence-corrected chi connectivity index (χ1v) is 10.00. The molecule has 132 valence electrons. The average molecular weight is 329 g/mol. The van der Waals surface area contributed by atoms with Gasteiger partial charge in [0.05, 0.1) is 11.8 Å². The van der Waals surface area contributed by atoms with Gasteiger partial charge >= 0.3 is 0 Å². The zero-order valence-electron chi connectivity index (χ0n) is 15.3. The standard InChI is InChI=1S/C21H31NO2/c1-19-11-13-12-22-24-18(13)10-14(19)4-5-15-16(19)6-8-20(2)17(15)7-9-21(20,3)23/h12,14-17,23H,4-11H2,1-3H3/t14-,15+,16-,17-,19-,20-,21-/m0/s1. The third-order valence-corrected chi connectivity index (χ3v) is 9.36. The van der Waals surface area contributed by atoms with Crippen LogP contribution in [-0.2, 0) is 12.8 Å². The second kappa shape index (κ2) is 4.66. The van der Waals surface area contributed by atoms with Crippen LogP contribution in [0.2, 0.25) is 0 Å². The molecular weight excluding hydrogens is 298 g/mol. The molecule has 0 bridgehead atoms. The van der Waals surface area contributed by atoms with Crippen LogP contribution >= 0.6 is 0 Å². The molecule has 4 aliphatic rings. The van der Waals surface area contributed by atoms with Crippen LogP contribution in [-0.4, -0.2) is 15.9 Å². The Hall–Kier alpha value is -0.830. The number of aliphatic hydroxyl groups is 1. The Morgan fingerprint density at radius 1 is 1.08 bits per heavy atom. The van der Waals surface area contributed by atoms with Crippen molar-refractivity contribution in [1.82, 2.24) is 5.16 Å². The van der Waals surface area contributed by atoms with E-state index in [4.69, 9.17) is 4.52 Å². The molecule has 1 aromatic rings. The maximum Gasteiger partial charge on any atom is 0.140 e. The quantitative estimate of drug-likeness (QED) is 0.768. The van der Waals surface area contributed by atoms with Gasteiger partial charge in [-0.25, -0.2) is 0 Å². The van der Waals surface area contributed by atoms with E-state index in [-0.39, 0.29) is 5.41 Å². The molecule has 0 amide bonds. The highest BCUT2D eigenvalue weighted by Crippen LogP contribution is 2.67. The van der Waals surface area contributed by atoms with E-state index in [0.29, 0.717) is 11.3 Å². The Morgan fingerprint density at radius 2 is 1.88 bits per heavy atom. The normalized spacial score (nSPS) is 53.0. The lowest BCUT2D eigenvalue weighted by Crippen LogP contribution is -2.56. The Kier molecular flexibility index (Phi) is 3.00. The average Bonchev–Trinajstić information content (AvgIpc) is 3.06. The lowest BCUT2D eigenvalue weighted by atomic mass is 9.44. The molecule has 1 aromatic heterocycles. The van der Waals surface area contributed by atoms with Crippen molar-refractivity contribution in [3.05, 3.63) is 17.5 Å². The predicted octanol–water partition coefficient (Wildman–Crippen LogP) is 4.38. The third kappa shape index (κ3) is 1.75. The molecule has 5 rings (SSSR count). The zero-order valence-corrected chi connectivity index (χ0v) is 15.3. The summed E-state index contributed by atoms with van der Waals surface area (Å²) in [6, 6.07) is 0. The summed E-state index contributed by atoms with van der Waals surface area (Å²) in [5.74, 6) is 4.24. The molecular formula is C21H31NO2. The van der Waals surface area contributed by atoms with E-state index in [0.717, 1.165) is 42.8 Å². The molecule has 0 saturated heterocycles. The molecule has 24 heavy (non-hydrogen) atoms. The molecule has 7 atom stereocenters. The Balaban J connectivity index is 1.50. The highest BCUT2D eigenvalue weighted by atomic mass is 16.5. The van der Waals surface area contributed by atoms with E-state index in [2.05, 4.69) is 25.9 Å². The number of aromatic nitrogens is 1. The van der Waals surface area contributed by atoms with Crippen LogP contribution in [0, 0.1) is 34.5 Å². The largest absolute Gasteiger partial charge is 0.390 e. The van der Waals surface area contributed by atoms with Crippen LogP contribution in [0.4, 0.5) is 0 Å². The van der Waals surface area contributed by atoms with E-state index < -0.39 is 5.60 Å². The summed E-state index contributed by atoms with van der Waals surface area (Å²) >= 11 is 0. The Morgan fingerprint density at radius 3 is 2.71 bits per heavy atom. The molecule has 0 unspecified atom stereocenters. The monoisotopic (exact) mass is 329 g/mol. The predicted molar refractivity (Wildman–Crippen MR) is 92.4 cm³/mol. The van der Waals surface area contributed by atoms with Gasteiger partial charge in [-0.15, -0.1) is 0 Å². The first-order chi connectivity index (χ1) is 11.4. The van der Waals surface area contributed by atoms with Crippen LogP contribution < -0.4 is 0 Å². The molecule has 3 saturated carbocycles. The minimum absolute atomic E-state index is 0.133. The first-order valence-electron chi connectivity index (χ1n) is 10.00. The fourth-order valence-electron chi connectivity index (χ4n) is 7.62. The molecule has 3 heteroatoms. The van der Waals surface area contributed by atoms with Crippen LogP contribution in [0.25, 0.3) is 0 Å². The van der Waals surface area contributed by atoms with Crippen molar-refractivity contribution in [2.45, 2.75) is 77.7 Å². The van der Waals surface area contributed by atoms with Gasteiger partial charge < -0.3 is 9.63 Å². The van der Waals surface area contributed by atoms with Crippen molar-refractivity contribution in [3.63, 3.8) is 0 Å². The fraction of sp³-hybridized carbons (Fsp3) is 0.857. The van der Waals surface area contributed by atoms with Gasteiger partial charge in [0.25, 0.3) is 0 Å². The van der Waals surface area contributed by atoms with Gasteiger partial charge in [-0.2, -0.15) is 0 Å². The van der Waals surface area contributed by atoms with Gasteiger partial charge in [0.2, 0.25) is 0 Å². The van der Waals surface area contributed by atoms with Crippen LogP contribution in [0.15, 0.2) is 10.7 Å². The number of rotatable bonds is 0. The highest BCUT2D eigenvalue weighted by molar-refractivity contribution is 5.24. The van der Waals surface area contributed by atoms with E-state index in [9.17, 15) is 5.11 Å². The summed E-state index contributed by atoms with van der Waals surface area (Å²) in [7, 11) is 0. The van der Waals surface area contributed by atoms with E-state index in [1.165, 1.54) is 37.7 Å². The van der Waals surface area contributed by atoms with Gasteiger partial charge in [0, 0.05) is 12.0 Å². The van der Waals surface area contributed by atoms with Gasteiger partial charge in [0.15, 0.2) is 0 Å². The maximum atomic E-state index is 11.0. The minimum atomic E-state index is -0.464. The summed E-state index contributed by atoms with van der Waals surface area (Å²) in [5.41, 5.74) is 1.43. The third-order valence-electron chi connectivity index (χ3n) is 9.36. The van der Waals surface area contributed by atoms with Crippen LogP contribution in [0.5, 0.6) is 0 Å². The Bertz CT molecular complexity index is 665. The molecule has 1 N–H and O–H groups in total. The SMILES string of the molecule is C[C@]12Cc3cnoc3C[C@@H]1CC[C@@H]1[C@@H]2CC[C@@]2(C)[C@H]1CC[C@]2(C)O. The molecule has 0 aromatic carbocycles. The number of nitrogens with zero attached hydrogens (tertiary/aromatic N) is 1. The van der Waals surface area contributed by atoms with Crippen LogP contribution in [0.3, 0.4) is 0 Å². The molecule has 4 aliphatic carbocycles. The van der Waals surface area contributed by atoms with Crippen molar-refractivity contribution < 1.29 is 9.63 Å². The summed E-state index contributed by atoms with van der Waals surface area (Å²) < 4.78 is 5.52. The van der Waals surface area contributed by atoms with Crippen LogP contribution in [0.1, 0.15) is 70.6 Å². The van der Waals surface area contributed by atoms with E-state index in [1.807, 2.05) is 6.20 Å². The fourth-order valence-corrected chi connectivity index (χ4v) is 7.62. The second-order valence-electron chi connectivity index (χ2n) is 10.1. The van der Waals surface area contributed by atoms with Crippen molar-refractivity contribution in [3.8, 4) is 0 Å². The zero-order chi connectivity index (χ0) is 16.7. The molecule has 0 aliphatic heterocycles. The van der Waals surface area contributed by atoms with Crippen molar-refractivity contribution in [2.24, 2.45) is 34.5 Å². The minimum Gasteiger partial charge on any atom is -0.390 e. The smallest absolute Gasteiger partial charge is 0.140 e. The highest BCUT2D eigenvalue weighted by Gasteiger charge is 2.63.